The SMILES string of the molecule is COC(=O)S[N+](C)(C(=O)O)c1cccc(N(C(=O)O)c2cccc(Cl)c2)c1Cl. The molecule has 2 rings (SSSR count). The van der Waals surface area contributed by atoms with Gasteiger partial charge in [-0.1, -0.05) is 35.3 Å². The second kappa shape index (κ2) is 8.70. The van der Waals surface area contributed by atoms with Gasteiger partial charge in [0.1, 0.15) is 5.02 Å². The van der Waals surface area contributed by atoms with Gasteiger partial charge in [-0.2, -0.15) is 4.79 Å². The molecular weight excluding hydrogens is 431 g/mol. The molecule has 0 saturated heterocycles. The second-order valence-corrected chi connectivity index (χ2v) is 7.52. The Hall–Kier alpha value is -2.46. The summed E-state index contributed by atoms with van der Waals surface area (Å²) >= 11 is 12.7. The molecule has 0 bridgehead atoms. The minimum absolute atomic E-state index is 0.00463. The number of methoxy groups -OCH3 is 1. The van der Waals surface area contributed by atoms with Gasteiger partial charge in [-0.3, -0.25) is 0 Å². The van der Waals surface area contributed by atoms with Crippen molar-refractivity contribution in [2.24, 2.45) is 0 Å². The van der Waals surface area contributed by atoms with Crippen LogP contribution in [-0.2, 0) is 4.74 Å². The molecule has 0 aliphatic heterocycles. The summed E-state index contributed by atoms with van der Waals surface area (Å²) in [6, 6.07) is 10.3. The maximum Gasteiger partial charge on any atom is 0.531 e. The highest BCUT2D eigenvalue weighted by Gasteiger charge is 2.43. The van der Waals surface area contributed by atoms with Gasteiger partial charge in [0, 0.05) is 11.1 Å². The number of benzene rings is 2. The molecule has 1 atom stereocenters. The largest absolute Gasteiger partial charge is 0.531 e. The predicted octanol–water partition coefficient (Wildman–Crippen LogP) is 5.84. The number of ether oxygens (including phenoxy) is 1. The lowest BCUT2D eigenvalue weighted by molar-refractivity contribution is 0.178. The number of amides is 2. The van der Waals surface area contributed by atoms with Crippen LogP contribution in [0.3, 0.4) is 0 Å². The van der Waals surface area contributed by atoms with Crippen LogP contribution in [-0.4, -0.2) is 41.9 Å². The number of carbonyl (C=O) groups is 3. The summed E-state index contributed by atoms with van der Waals surface area (Å²) in [5.74, 6) is 0. The molecule has 148 valence electrons. The lowest BCUT2D eigenvalue weighted by Crippen LogP contribution is -2.44. The van der Waals surface area contributed by atoms with Crippen molar-refractivity contribution in [2.75, 3.05) is 19.1 Å². The minimum Gasteiger partial charge on any atom is -0.464 e. The lowest BCUT2D eigenvalue weighted by atomic mass is 10.2. The molecule has 2 amide bonds. The van der Waals surface area contributed by atoms with Gasteiger partial charge in [0.25, 0.3) is 0 Å². The van der Waals surface area contributed by atoms with Gasteiger partial charge in [0.05, 0.1) is 25.5 Å². The number of halogens is 2. The molecule has 8 nitrogen and oxygen atoms in total. The van der Waals surface area contributed by atoms with Gasteiger partial charge in [-0.05, 0) is 24.3 Å². The lowest BCUT2D eigenvalue weighted by Gasteiger charge is -2.27. The zero-order valence-electron chi connectivity index (χ0n) is 14.6. The highest BCUT2D eigenvalue weighted by atomic mass is 35.5. The van der Waals surface area contributed by atoms with E-state index in [1.165, 1.54) is 37.4 Å². The van der Waals surface area contributed by atoms with Crippen molar-refractivity contribution < 1.29 is 29.3 Å². The normalized spacial score (nSPS) is 12.7. The number of carbonyl (C=O) groups excluding carboxylic acids is 1. The van der Waals surface area contributed by atoms with Crippen LogP contribution in [0.5, 0.6) is 0 Å². The van der Waals surface area contributed by atoms with Crippen LogP contribution in [0.25, 0.3) is 0 Å². The molecule has 2 N–H and O–H groups in total. The average molecular weight is 446 g/mol. The van der Waals surface area contributed by atoms with Crippen LogP contribution in [0, 0.1) is 0 Å². The first-order chi connectivity index (χ1) is 13.1. The predicted molar refractivity (Wildman–Crippen MR) is 109 cm³/mol. The van der Waals surface area contributed by atoms with Crippen LogP contribution < -0.4 is 8.79 Å². The molecule has 28 heavy (non-hydrogen) atoms. The van der Waals surface area contributed by atoms with Crippen molar-refractivity contribution in [3.8, 4) is 0 Å². The van der Waals surface area contributed by atoms with Gasteiger partial charge in [0.15, 0.2) is 5.69 Å². The van der Waals surface area contributed by atoms with Crippen molar-refractivity contribution in [3.05, 3.63) is 52.5 Å². The summed E-state index contributed by atoms with van der Waals surface area (Å²) in [6.07, 6.45) is -2.76. The van der Waals surface area contributed by atoms with Crippen LogP contribution in [0.15, 0.2) is 42.5 Å². The van der Waals surface area contributed by atoms with E-state index in [4.69, 9.17) is 23.2 Å². The van der Waals surface area contributed by atoms with E-state index in [-0.39, 0.29) is 22.1 Å². The van der Waals surface area contributed by atoms with E-state index in [1.807, 2.05) is 0 Å². The first kappa shape index (κ1) is 21.8. The fourth-order valence-corrected chi connectivity index (χ4v) is 3.67. The van der Waals surface area contributed by atoms with Crippen molar-refractivity contribution in [1.82, 2.24) is 3.89 Å². The molecule has 0 saturated carbocycles. The monoisotopic (exact) mass is 445 g/mol. The van der Waals surface area contributed by atoms with Gasteiger partial charge < -0.3 is 14.9 Å². The Morgan fingerprint density at radius 2 is 1.75 bits per heavy atom. The molecule has 2 aromatic rings. The smallest absolute Gasteiger partial charge is 0.464 e. The highest BCUT2D eigenvalue weighted by Crippen LogP contribution is 2.44. The summed E-state index contributed by atoms with van der Waals surface area (Å²) in [5.41, 5.74) is 0.199. The van der Waals surface area contributed by atoms with E-state index >= 15 is 0 Å². The number of hydrogen-bond donors (Lipinski definition) is 2. The fourth-order valence-electron chi connectivity index (χ4n) is 2.36. The van der Waals surface area contributed by atoms with Crippen molar-refractivity contribution in [3.63, 3.8) is 0 Å². The Morgan fingerprint density at radius 1 is 1.11 bits per heavy atom. The van der Waals surface area contributed by atoms with E-state index in [0.717, 1.165) is 12.0 Å². The van der Waals surface area contributed by atoms with E-state index in [2.05, 4.69) is 4.74 Å². The van der Waals surface area contributed by atoms with Gasteiger partial charge in [0.2, 0.25) is 11.9 Å². The Morgan fingerprint density at radius 3 is 2.29 bits per heavy atom. The summed E-state index contributed by atoms with van der Waals surface area (Å²) in [6.45, 7) is 0. The third-order valence-corrected chi connectivity index (χ3v) is 5.36. The Labute approximate surface area is 174 Å². The minimum atomic E-state index is -1.40. The van der Waals surface area contributed by atoms with Crippen molar-refractivity contribution in [2.45, 2.75) is 0 Å². The third kappa shape index (κ3) is 4.33. The molecule has 0 fully saturated rings. The van der Waals surface area contributed by atoms with E-state index in [1.54, 1.807) is 12.1 Å². The fraction of sp³-hybridized carbons (Fsp3) is 0.118. The number of carboxylic acid groups (broad SMARTS) is 2. The standard InChI is InChI=1S/C17H14Cl2N2O6S/c1-21(16(24)25,28-17(26)27-2)13-8-4-7-12(14(13)19)20(15(22)23)11-6-3-5-10(18)9-11/h3-9H,1-2H3,(H-,22,23,24,25)/p+1. The van der Waals surface area contributed by atoms with Gasteiger partial charge in [-0.15, -0.1) is 3.89 Å². The van der Waals surface area contributed by atoms with Crippen molar-refractivity contribution >= 4 is 69.7 Å². The average Bonchev–Trinajstić information content (AvgIpc) is 2.62. The summed E-state index contributed by atoms with van der Waals surface area (Å²) in [5, 5.41) is 18.7. The van der Waals surface area contributed by atoms with Crippen molar-refractivity contribution in [1.29, 1.82) is 0 Å². The quantitative estimate of drug-likeness (QED) is 0.347. The Balaban J connectivity index is 2.66. The molecule has 0 aliphatic rings. The molecule has 0 aliphatic carbocycles. The van der Waals surface area contributed by atoms with Crippen LogP contribution in [0.4, 0.5) is 31.4 Å². The topological polar surface area (TPSA) is 104 Å². The number of anilines is 2. The first-order valence-electron chi connectivity index (χ1n) is 7.57. The number of nitrogens with zero attached hydrogens (tertiary/aromatic N) is 2. The molecule has 0 heterocycles. The number of quaternary nitrogens is 1. The summed E-state index contributed by atoms with van der Waals surface area (Å²) in [7, 11) is 2.34. The van der Waals surface area contributed by atoms with E-state index in [9.17, 15) is 24.6 Å². The molecule has 0 spiro atoms. The molecule has 1 unspecified atom stereocenters. The summed E-state index contributed by atoms with van der Waals surface area (Å²) in [4.78, 5) is 36.4. The number of hydrogen-bond acceptors (Lipinski definition) is 5. The Bertz CT molecular complexity index is 942. The molecule has 2 aromatic carbocycles. The molecule has 0 radical (unpaired) electrons. The zero-order chi connectivity index (χ0) is 21.1. The van der Waals surface area contributed by atoms with Crippen LogP contribution >= 0.6 is 35.1 Å². The maximum atomic E-state index is 11.9. The molecule has 11 heteroatoms. The molecular formula is C17H15Cl2N2O6S+. The maximum absolute atomic E-state index is 11.9. The van der Waals surface area contributed by atoms with E-state index in [0.29, 0.717) is 17.0 Å². The summed E-state index contributed by atoms with van der Waals surface area (Å²) < 4.78 is 3.53. The highest BCUT2D eigenvalue weighted by molar-refractivity contribution is 8.13. The van der Waals surface area contributed by atoms with Crippen LogP contribution in [0.2, 0.25) is 10.0 Å². The number of rotatable bonds is 3. The zero-order valence-corrected chi connectivity index (χ0v) is 17.0. The first-order valence-corrected chi connectivity index (χ1v) is 9.10. The van der Waals surface area contributed by atoms with E-state index < -0.39 is 21.4 Å². The molecule has 0 aromatic heterocycles. The van der Waals surface area contributed by atoms with Gasteiger partial charge in [-0.25, -0.2) is 14.5 Å². The van der Waals surface area contributed by atoms with Crippen LogP contribution in [0.1, 0.15) is 0 Å². The van der Waals surface area contributed by atoms with Gasteiger partial charge >= 0.3 is 17.5 Å². The third-order valence-electron chi connectivity index (χ3n) is 3.71. The second-order valence-electron chi connectivity index (χ2n) is 5.46. The Kier molecular flexibility index (Phi) is 6.78.